The maximum absolute atomic E-state index is 9.53. The van der Waals surface area contributed by atoms with E-state index in [-0.39, 0.29) is 19.8 Å². The van der Waals surface area contributed by atoms with Gasteiger partial charge in [0.15, 0.2) is 0 Å². The number of hydrogen-bond donors (Lipinski definition) is 3. The van der Waals surface area contributed by atoms with Crippen LogP contribution in [0.2, 0.25) is 0 Å². The lowest BCUT2D eigenvalue weighted by molar-refractivity contribution is 0.0301. The average Bonchev–Trinajstić information content (AvgIpc) is 3.31. The van der Waals surface area contributed by atoms with E-state index in [0.717, 1.165) is 97.9 Å². The molecule has 66 heavy (non-hydrogen) atoms. The van der Waals surface area contributed by atoms with Crippen LogP contribution in [0, 0.1) is 0 Å². The second-order valence-corrected chi connectivity index (χ2v) is 19.3. The van der Waals surface area contributed by atoms with Crippen LogP contribution in [-0.2, 0) is 9.47 Å². The second kappa shape index (κ2) is 56.7. The fourth-order valence-corrected chi connectivity index (χ4v) is 8.99. The summed E-state index contributed by atoms with van der Waals surface area (Å²) in [7, 11) is 0. The molecule has 0 fully saturated rings. The molecule has 394 valence electrons. The van der Waals surface area contributed by atoms with E-state index in [1.165, 1.54) is 180 Å². The number of unbranched alkanes of at least 4 members (excludes halogenated alkanes) is 24. The molecule has 0 bridgehead atoms. The van der Waals surface area contributed by atoms with Crippen molar-refractivity contribution in [1.29, 1.82) is 0 Å². The Morgan fingerprint density at radius 1 is 0.258 bits per heavy atom. The van der Waals surface area contributed by atoms with Gasteiger partial charge in [-0.3, -0.25) is 4.90 Å². The van der Waals surface area contributed by atoms with E-state index in [1.54, 1.807) is 0 Å². The third kappa shape index (κ3) is 49.5. The van der Waals surface area contributed by atoms with Crippen molar-refractivity contribution in [2.75, 3.05) is 125 Å². The fourth-order valence-electron chi connectivity index (χ4n) is 8.99. The highest BCUT2D eigenvalue weighted by Gasteiger charge is 2.10. The molecule has 0 amide bonds. The minimum absolute atomic E-state index is 0.133. The predicted octanol–water partition coefficient (Wildman–Crippen LogP) is 12.5. The van der Waals surface area contributed by atoms with Crippen molar-refractivity contribution in [3.8, 4) is 0 Å². The van der Waals surface area contributed by atoms with Gasteiger partial charge in [0.1, 0.15) is 0 Å². The van der Waals surface area contributed by atoms with Gasteiger partial charge in [-0.05, 0) is 129 Å². The minimum Gasteiger partial charge on any atom is -0.395 e. The highest BCUT2D eigenvalue weighted by Crippen LogP contribution is 2.13. The van der Waals surface area contributed by atoms with E-state index in [0.29, 0.717) is 26.3 Å². The summed E-state index contributed by atoms with van der Waals surface area (Å²) in [6.45, 7) is 21.3. The lowest BCUT2D eigenvalue weighted by Crippen LogP contribution is -2.35. The molecule has 0 rings (SSSR count). The Kier molecular flexibility index (Phi) is 55.9. The molecule has 0 saturated carbocycles. The van der Waals surface area contributed by atoms with E-state index >= 15 is 0 Å². The minimum atomic E-state index is 0.133. The van der Waals surface area contributed by atoms with Gasteiger partial charge in [-0.15, -0.1) is 0 Å². The number of allylic oxidation sites excluding steroid dienone is 4. The zero-order valence-electron chi connectivity index (χ0n) is 44.6. The van der Waals surface area contributed by atoms with Gasteiger partial charge in [-0.25, -0.2) is 0 Å². The Bertz CT molecular complexity index is 872. The van der Waals surface area contributed by atoms with Crippen molar-refractivity contribution in [2.24, 2.45) is 0 Å². The van der Waals surface area contributed by atoms with E-state index in [4.69, 9.17) is 9.47 Å². The van der Waals surface area contributed by atoms with E-state index in [9.17, 15) is 15.3 Å². The summed E-state index contributed by atoms with van der Waals surface area (Å²) in [5.41, 5.74) is 0. The molecule has 0 aromatic rings. The SMILES string of the molecule is CCCCCCCC/C=C\CCCCCCCCN(CCCN(CCC)CCO)CCOCCOCCN(CCCCCCCC/C=C\CCCCCCCC)CCCN(CCO)CCO. The molecule has 0 spiro atoms. The summed E-state index contributed by atoms with van der Waals surface area (Å²) in [6, 6.07) is 0. The summed E-state index contributed by atoms with van der Waals surface area (Å²) in [6.07, 6.45) is 50.3. The molecule has 0 atom stereocenters. The first-order valence-electron chi connectivity index (χ1n) is 28.8. The van der Waals surface area contributed by atoms with E-state index < -0.39 is 0 Å². The molecule has 0 unspecified atom stereocenters. The number of hydrogen-bond acceptors (Lipinski definition) is 9. The highest BCUT2D eigenvalue weighted by molar-refractivity contribution is 4.82. The number of nitrogens with zero attached hydrogens (tertiary/aromatic N) is 4. The first kappa shape index (κ1) is 65.1. The monoisotopic (exact) mass is 937 g/mol. The summed E-state index contributed by atoms with van der Waals surface area (Å²) in [5.74, 6) is 0. The van der Waals surface area contributed by atoms with Gasteiger partial charge in [0.05, 0.1) is 46.2 Å². The van der Waals surface area contributed by atoms with Crippen molar-refractivity contribution < 1.29 is 24.8 Å². The average molecular weight is 938 g/mol. The van der Waals surface area contributed by atoms with Crippen molar-refractivity contribution >= 4 is 0 Å². The van der Waals surface area contributed by atoms with Gasteiger partial charge in [0.25, 0.3) is 0 Å². The van der Waals surface area contributed by atoms with Crippen LogP contribution >= 0.6 is 0 Å². The number of rotatable bonds is 57. The maximum atomic E-state index is 9.53. The Labute approximate surface area is 411 Å². The molecular formula is C57H116N4O5. The molecule has 9 heteroatoms. The van der Waals surface area contributed by atoms with Gasteiger partial charge in [0.2, 0.25) is 0 Å². The molecule has 3 N–H and O–H groups in total. The summed E-state index contributed by atoms with van der Waals surface area (Å²) < 4.78 is 12.2. The van der Waals surface area contributed by atoms with Crippen LogP contribution in [-0.4, -0.2) is 160 Å². The number of aliphatic hydroxyl groups is 3. The molecule has 0 aromatic carbocycles. The highest BCUT2D eigenvalue weighted by atomic mass is 16.5. The zero-order valence-corrected chi connectivity index (χ0v) is 44.6. The van der Waals surface area contributed by atoms with E-state index in [2.05, 4.69) is 64.7 Å². The fraction of sp³-hybridized carbons (Fsp3) is 0.930. The third-order valence-electron chi connectivity index (χ3n) is 13.1. The van der Waals surface area contributed by atoms with Crippen LogP contribution < -0.4 is 0 Å². The quantitative estimate of drug-likeness (QED) is 0.0407. The molecule has 0 saturated heterocycles. The topological polar surface area (TPSA) is 92.1 Å². The molecule has 0 aliphatic heterocycles. The van der Waals surface area contributed by atoms with Gasteiger partial charge in [-0.2, -0.15) is 0 Å². The predicted molar refractivity (Wildman–Crippen MR) is 287 cm³/mol. The molecular weight excluding hydrogens is 821 g/mol. The van der Waals surface area contributed by atoms with Crippen LogP contribution in [0.15, 0.2) is 24.3 Å². The standard InChI is InChI=1S/C57H116N4O5/c1-4-7-9-11-13-15-17-19-21-23-25-27-29-31-33-35-40-59(43-37-42-58(39-6-3)46-51-62)49-54-65-56-57-66-55-50-60(44-38-45-61(47-52-63)48-53-64)41-36-34-32-30-28-26-24-22-20-18-16-14-12-10-8-5-2/h19-22,62-64H,4-18,23-57H2,1-3H3/b21-19-,22-20-. The third-order valence-corrected chi connectivity index (χ3v) is 13.1. The maximum Gasteiger partial charge on any atom is 0.0701 e. The molecule has 0 radical (unpaired) electrons. The van der Waals surface area contributed by atoms with E-state index in [1.807, 2.05) is 0 Å². The van der Waals surface area contributed by atoms with Crippen LogP contribution in [0.5, 0.6) is 0 Å². The molecule has 0 heterocycles. The van der Waals surface area contributed by atoms with Crippen molar-refractivity contribution in [2.45, 2.75) is 220 Å². The van der Waals surface area contributed by atoms with Crippen molar-refractivity contribution in [3.63, 3.8) is 0 Å². The number of ether oxygens (including phenoxy) is 2. The van der Waals surface area contributed by atoms with Crippen LogP contribution in [0.1, 0.15) is 220 Å². The van der Waals surface area contributed by atoms with Crippen molar-refractivity contribution in [3.05, 3.63) is 24.3 Å². The Balaban J connectivity index is 4.51. The Morgan fingerprint density at radius 3 is 0.848 bits per heavy atom. The normalized spacial score (nSPS) is 12.3. The first-order valence-corrected chi connectivity index (χ1v) is 28.8. The smallest absolute Gasteiger partial charge is 0.0701 e. The van der Waals surface area contributed by atoms with Crippen molar-refractivity contribution in [1.82, 2.24) is 19.6 Å². The zero-order chi connectivity index (χ0) is 47.9. The molecule has 0 aliphatic rings. The molecule has 0 aromatic heterocycles. The van der Waals surface area contributed by atoms with Crippen LogP contribution in [0.4, 0.5) is 0 Å². The summed E-state index contributed by atoms with van der Waals surface area (Å²) in [4.78, 5) is 9.73. The Morgan fingerprint density at radius 2 is 0.530 bits per heavy atom. The van der Waals surface area contributed by atoms with Crippen LogP contribution in [0.25, 0.3) is 0 Å². The van der Waals surface area contributed by atoms with Gasteiger partial charge < -0.3 is 39.5 Å². The number of aliphatic hydroxyl groups excluding tert-OH is 3. The molecule has 0 aliphatic carbocycles. The largest absolute Gasteiger partial charge is 0.395 e. The summed E-state index contributed by atoms with van der Waals surface area (Å²) in [5, 5.41) is 28.4. The van der Waals surface area contributed by atoms with Crippen LogP contribution in [0.3, 0.4) is 0 Å². The lowest BCUT2D eigenvalue weighted by Gasteiger charge is -2.25. The first-order chi connectivity index (χ1) is 32.6. The molecule has 9 nitrogen and oxygen atoms in total. The van der Waals surface area contributed by atoms with Gasteiger partial charge in [-0.1, -0.05) is 161 Å². The Hall–Kier alpha value is -0.880. The lowest BCUT2D eigenvalue weighted by atomic mass is 10.1. The van der Waals surface area contributed by atoms with Gasteiger partial charge >= 0.3 is 0 Å². The van der Waals surface area contributed by atoms with Gasteiger partial charge in [0, 0.05) is 32.7 Å². The second-order valence-electron chi connectivity index (χ2n) is 19.3. The summed E-state index contributed by atoms with van der Waals surface area (Å²) >= 11 is 0.